The summed E-state index contributed by atoms with van der Waals surface area (Å²) in [5.74, 6) is -0.522. The number of amides is 1. The molecule has 0 bridgehead atoms. The second-order valence-corrected chi connectivity index (χ2v) is 8.06. The van der Waals surface area contributed by atoms with E-state index in [1.165, 1.54) is 6.20 Å². The summed E-state index contributed by atoms with van der Waals surface area (Å²) >= 11 is 0. The summed E-state index contributed by atoms with van der Waals surface area (Å²) in [5.41, 5.74) is 0.721. The van der Waals surface area contributed by atoms with Crippen LogP contribution in [0.2, 0.25) is 0 Å². The fourth-order valence-corrected chi connectivity index (χ4v) is 3.35. The first kappa shape index (κ1) is 25.4. The van der Waals surface area contributed by atoms with Gasteiger partial charge in [-0.15, -0.1) is 13.2 Å². The number of nitrogens with one attached hydrogen (secondary N) is 2. The average molecular weight is 477 g/mol. The van der Waals surface area contributed by atoms with E-state index in [-0.39, 0.29) is 24.4 Å². The molecule has 0 saturated carbocycles. The number of ether oxygens (including phenoxy) is 3. The lowest BCUT2D eigenvalue weighted by atomic mass is 10.3. The van der Waals surface area contributed by atoms with Gasteiger partial charge in [0.25, 0.3) is 0 Å². The Kier molecular flexibility index (Phi) is 9.23. The van der Waals surface area contributed by atoms with E-state index in [2.05, 4.69) is 19.8 Å². The minimum Gasteiger partial charge on any atom is -0.475 e. The first-order chi connectivity index (χ1) is 15.1. The molecule has 0 unspecified atom stereocenters. The van der Waals surface area contributed by atoms with Gasteiger partial charge in [-0.05, 0) is 29.8 Å². The number of hydrogen-bond donors (Lipinski definition) is 2. The molecule has 2 rings (SSSR count). The molecule has 0 saturated heterocycles. The lowest BCUT2D eigenvalue weighted by Gasteiger charge is -2.10. The first-order valence-electron chi connectivity index (χ1n) is 9.28. The molecular weight excluding hydrogens is 455 g/mol. The van der Waals surface area contributed by atoms with Crippen molar-refractivity contribution in [3.63, 3.8) is 0 Å². The molecule has 0 radical (unpaired) electrons. The Balaban J connectivity index is 1.74. The van der Waals surface area contributed by atoms with Crippen molar-refractivity contribution in [1.82, 2.24) is 15.0 Å². The van der Waals surface area contributed by atoms with Gasteiger partial charge in [-0.3, -0.25) is 4.79 Å². The number of hydrogen-bond acceptors (Lipinski definition) is 7. The number of pyridine rings is 1. The summed E-state index contributed by atoms with van der Waals surface area (Å²) in [6.07, 6.45) is -3.47. The van der Waals surface area contributed by atoms with Crippen molar-refractivity contribution in [3.8, 4) is 11.6 Å². The number of alkyl halides is 3. The highest BCUT2D eigenvalue weighted by molar-refractivity contribution is 7.89. The summed E-state index contributed by atoms with van der Waals surface area (Å²) in [6, 6.07) is 7.09. The van der Waals surface area contributed by atoms with E-state index in [1.54, 1.807) is 19.2 Å². The van der Waals surface area contributed by atoms with Crippen molar-refractivity contribution in [2.24, 2.45) is 0 Å². The Bertz CT molecular complexity index is 967. The molecule has 0 aliphatic carbocycles. The van der Waals surface area contributed by atoms with Crippen molar-refractivity contribution in [3.05, 3.63) is 48.2 Å². The Hall–Kier alpha value is -2.90. The molecule has 2 N–H and O–H groups in total. The van der Waals surface area contributed by atoms with Crippen LogP contribution in [0.1, 0.15) is 12.0 Å². The van der Waals surface area contributed by atoms with Crippen molar-refractivity contribution in [2.75, 3.05) is 26.9 Å². The lowest BCUT2D eigenvalue weighted by Crippen LogP contribution is -2.30. The number of nitrogens with zero attached hydrogens (tertiary/aromatic N) is 1. The Labute approximate surface area is 182 Å². The Morgan fingerprint density at radius 2 is 1.81 bits per heavy atom. The first-order valence-corrected chi connectivity index (χ1v) is 10.8. The van der Waals surface area contributed by atoms with Gasteiger partial charge in [0.2, 0.25) is 21.8 Å². The molecule has 9 nitrogen and oxygen atoms in total. The number of halogens is 3. The van der Waals surface area contributed by atoms with E-state index >= 15 is 0 Å². The van der Waals surface area contributed by atoms with Crippen molar-refractivity contribution in [2.45, 2.75) is 24.2 Å². The highest BCUT2D eigenvalue weighted by Gasteiger charge is 2.31. The SMILES string of the molecule is COCCOc1ccc(CNC(=O)CCNS(=O)(=O)c2ccc(OC(F)(F)F)cc2)cn1. The van der Waals surface area contributed by atoms with Crippen molar-refractivity contribution >= 4 is 15.9 Å². The van der Waals surface area contributed by atoms with Crippen molar-refractivity contribution < 1.29 is 40.6 Å². The third kappa shape index (κ3) is 9.08. The molecule has 1 aromatic carbocycles. The topological polar surface area (TPSA) is 116 Å². The molecular formula is C19H22F3N3O6S. The largest absolute Gasteiger partial charge is 0.573 e. The maximum Gasteiger partial charge on any atom is 0.573 e. The summed E-state index contributed by atoms with van der Waals surface area (Å²) in [7, 11) is -2.44. The van der Waals surface area contributed by atoms with Crippen LogP contribution in [0, 0.1) is 0 Å². The van der Waals surface area contributed by atoms with Crippen LogP contribution in [0.4, 0.5) is 13.2 Å². The minimum absolute atomic E-state index is 0.139. The van der Waals surface area contributed by atoms with Crippen LogP contribution in [-0.2, 0) is 26.1 Å². The molecule has 0 aliphatic rings. The maximum atomic E-state index is 12.2. The van der Waals surface area contributed by atoms with Crippen LogP contribution >= 0.6 is 0 Å². The van der Waals surface area contributed by atoms with Crippen LogP contribution in [0.3, 0.4) is 0 Å². The minimum atomic E-state index is -4.87. The lowest BCUT2D eigenvalue weighted by molar-refractivity contribution is -0.274. The third-order valence-electron chi connectivity index (χ3n) is 3.84. The predicted octanol–water partition coefficient (Wildman–Crippen LogP) is 1.99. The fraction of sp³-hybridized carbons (Fsp3) is 0.368. The average Bonchev–Trinajstić information content (AvgIpc) is 2.72. The molecule has 0 atom stereocenters. The monoisotopic (exact) mass is 477 g/mol. The van der Waals surface area contributed by atoms with Gasteiger partial charge in [-0.2, -0.15) is 0 Å². The summed E-state index contributed by atoms with van der Waals surface area (Å²) < 4.78 is 76.9. The molecule has 2 aromatic rings. The van der Waals surface area contributed by atoms with E-state index in [9.17, 15) is 26.4 Å². The highest BCUT2D eigenvalue weighted by atomic mass is 32.2. The maximum absolute atomic E-state index is 12.2. The molecule has 0 aliphatic heterocycles. The van der Waals surface area contributed by atoms with Crippen LogP contribution in [-0.4, -0.2) is 52.5 Å². The van der Waals surface area contributed by atoms with E-state index in [1.807, 2.05) is 0 Å². The Morgan fingerprint density at radius 1 is 1.09 bits per heavy atom. The number of rotatable bonds is 12. The van der Waals surface area contributed by atoms with Gasteiger partial charge in [0.1, 0.15) is 12.4 Å². The summed E-state index contributed by atoms with van der Waals surface area (Å²) in [5, 5.41) is 2.63. The van der Waals surface area contributed by atoms with Gasteiger partial charge in [0.15, 0.2) is 0 Å². The van der Waals surface area contributed by atoms with E-state index in [0.717, 1.165) is 29.8 Å². The van der Waals surface area contributed by atoms with E-state index < -0.39 is 28.0 Å². The fourth-order valence-electron chi connectivity index (χ4n) is 2.32. The molecule has 1 heterocycles. The zero-order valence-electron chi connectivity index (χ0n) is 17.0. The number of carbonyl (C=O) groups is 1. The predicted molar refractivity (Wildman–Crippen MR) is 106 cm³/mol. The molecule has 13 heteroatoms. The molecule has 1 aromatic heterocycles. The summed E-state index contributed by atoms with van der Waals surface area (Å²) in [6.45, 7) is 0.791. The second-order valence-electron chi connectivity index (χ2n) is 6.29. The molecule has 32 heavy (non-hydrogen) atoms. The van der Waals surface area contributed by atoms with Gasteiger partial charge in [-0.1, -0.05) is 6.07 Å². The quantitative estimate of drug-likeness (QED) is 0.449. The number of carbonyl (C=O) groups excluding carboxylic acids is 1. The molecule has 0 spiro atoms. The van der Waals surface area contributed by atoms with Crippen LogP contribution in [0.5, 0.6) is 11.6 Å². The number of benzene rings is 1. The van der Waals surface area contributed by atoms with Gasteiger partial charge in [0, 0.05) is 38.9 Å². The standard InChI is InChI=1S/C19H22F3N3O6S/c1-29-10-11-30-18-7-2-14(13-24-18)12-23-17(26)8-9-25-32(27,28)16-5-3-15(4-6-16)31-19(20,21)22/h2-7,13,25H,8-12H2,1H3,(H,23,26). The van der Waals surface area contributed by atoms with Crippen molar-refractivity contribution in [1.29, 1.82) is 0 Å². The van der Waals surface area contributed by atoms with Crippen LogP contribution < -0.4 is 19.5 Å². The van der Waals surface area contributed by atoms with E-state index in [0.29, 0.717) is 19.1 Å². The smallest absolute Gasteiger partial charge is 0.475 e. The molecule has 0 fully saturated rings. The normalized spacial score (nSPS) is 11.8. The van der Waals surface area contributed by atoms with Crippen LogP contribution in [0.25, 0.3) is 0 Å². The number of aromatic nitrogens is 1. The van der Waals surface area contributed by atoms with Gasteiger partial charge in [-0.25, -0.2) is 18.1 Å². The zero-order valence-corrected chi connectivity index (χ0v) is 17.8. The number of methoxy groups -OCH3 is 1. The highest BCUT2D eigenvalue weighted by Crippen LogP contribution is 2.23. The number of sulfonamides is 1. The molecule has 176 valence electrons. The zero-order chi connectivity index (χ0) is 23.6. The van der Waals surface area contributed by atoms with Gasteiger partial charge < -0.3 is 19.5 Å². The second kappa shape index (κ2) is 11.6. The van der Waals surface area contributed by atoms with E-state index in [4.69, 9.17) is 9.47 Å². The summed E-state index contributed by atoms with van der Waals surface area (Å²) in [4.78, 5) is 15.8. The van der Waals surface area contributed by atoms with Gasteiger partial charge in [0.05, 0.1) is 11.5 Å². The Morgan fingerprint density at radius 3 is 2.41 bits per heavy atom. The third-order valence-corrected chi connectivity index (χ3v) is 5.31. The van der Waals surface area contributed by atoms with Gasteiger partial charge >= 0.3 is 6.36 Å². The molecule has 1 amide bonds. The van der Waals surface area contributed by atoms with Crippen LogP contribution in [0.15, 0.2) is 47.5 Å².